The van der Waals surface area contributed by atoms with Crippen LogP contribution in [-0.4, -0.2) is 74.1 Å². The molecule has 10 nitrogen and oxygen atoms in total. The number of hydrogen-bond donors (Lipinski definition) is 1. The van der Waals surface area contributed by atoms with Gasteiger partial charge in [-0.3, -0.25) is 18.6 Å². The lowest BCUT2D eigenvalue weighted by molar-refractivity contribution is -0.176. The van der Waals surface area contributed by atoms with Crippen molar-refractivity contribution in [2.24, 2.45) is 0 Å². The molecule has 0 aliphatic carbocycles. The Hall–Kier alpha value is -3.08. The van der Waals surface area contributed by atoms with Gasteiger partial charge < -0.3 is 19.7 Å². The van der Waals surface area contributed by atoms with Crippen molar-refractivity contribution in [3.8, 4) is 0 Å². The van der Waals surface area contributed by atoms with Crippen molar-refractivity contribution < 1.29 is 37.7 Å². The first-order chi connectivity index (χ1) is 15.5. The maximum atomic E-state index is 13.1. The number of nitrogens with zero attached hydrogens (tertiary/aromatic N) is 1. The number of fused-ring (bicyclic) bond motifs is 1. The summed E-state index contributed by atoms with van der Waals surface area (Å²) >= 11 is 0. The molecular formula is C22H26N2O8S. The van der Waals surface area contributed by atoms with Gasteiger partial charge in [0, 0.05) is 6.42 Å². The predicted octanol–water partition coefficient (Wildman–Crippen LogP) is -0.144. The number of carbonyl (C=O) groups is 5. The second-order valence-corrected chi connectivity index (χ2v) is 10.6. The number of methoxy groups -OCH3 is 1. The van der Waals surface area contributed by atoms with E-state index in [0.29, 0.717) is 6.42 Å². The van der Waals surface area contributed by atoms with Crippen LogP contribution in [0.5, 0.6) is 0 Å². The molecule has 3 rings (SSSR count). The quantitative estimate of drug-likeness (QED) is 0.310. The third-order valence-corrected chi connectivity index (χ3v) is 7.99. The first kappa shape index (κ1) is 24.6. The van der Waals surface area contributed by atoms with Crippen molar-refractivity contribution in [1.29, 1.82) is 0 Å². The Kier molecular flexibility index (Phi) is 7.01. The van der Waals surface area contributed by atoms with E-state index in [1.54, 1.807) is 0 Å². The number of rotatable bonds is 8. The summed E-state index contributed by atoms with van der Waals surface area (Å²) in [5.41, 5.74) is 0.966. The van der Waals surface area contributed by atoms with Crippen LogP contribution in [0.2, 0.25) is 0 Å². The molecule has 5 atom stereocenters. The number of carbonyl (C=O) groups excluding carboxylic acids is 5. The first-order valence-corrected chi connectivity index (χ1v) is 11.6. The minimum Gasteiger partial charge on any atom is -0.466 e. The van der Waals surface area contributed by atoms with E-state index in [2.05, 4.69) is 10.1 Å². The molecule has 5 unspecified atom stereocenters. The van der Waals surface area contributed by atoms with Crippen LogP contribution < -0.4 is 5.32 Å². The van der Waals surface area contributed by atoms with Crippen molar-refractivity contribution in [2.75, 3.05) is 7.11 Å². The van der Waals surface area contributed by atoms with Gasteiger partial charge in [0.1, 0.15) is 17.5 Å². The monoisotopic (exact) mass is 478 g/mol. The van der Waals surface area contributed by atoms with Crippen molar-refractivity contribution in [3.05, 3.63) is 35.9 Å². The Bertz CT molecular complexity index is 1010. The standard InChI is InChI=1S/C22H26N2O8S/c1-12(25)16(20(28)31-4)32-21(29)17-22(2,3)33(30)19-15(18(27)24(17)19)23-14(26)11-10-13-8-6-5-7-9-13/h5-9,15-17,19H,10-11H2,1-4H3,(H,23,26). The van der Waals surface area contributed by atoms with E-state index < -0.39 is 62.7 Å². The average Bonchev–Trinajstić information content (AvgIpc) is 2.97. The van der Waals surface area contributed by atoms with Gasteiger partial charge in [0.25, 0.3) is 6.10 Å². The molecule has 2 saturated heterocycles. The van der Waals surface area contributed by atoms with Gasteiger partial charge >= 0.3 is 11.9 Å². The number of esters is 2. The van der Waals surface area contributed by atoms with Gasteiger partial charge in [-0.1, -0.05) is 30.3 Å². The molecule has 0 spiro atoms. The molecule has 0 bridgehead atoms. The van der Waals surface area contributed by atoms with Gasteiger partial charge in [-0.05, 0) is 32.8 Å². The zero-order valence-electron chi connectivity index (χ0n) is 18.7. The normalized spacial score (nSPS) is 25.9. The Labute approximate surface area is 193 Å². The molecule has 11 heteroatoms. The van der Waals surface area contributed by atoms with E-state index in [0.717, 1.165) is 24.5 Å². The van der Waals surface area contributed by atoms with Gasteiger partial charge in [0.05, 0.1) is 22.7 Å². The van der Waals surface area contributed by atoms with Crippen LogP contribution in [0.25, 0.3) is 0 Å². The molecule has 0 radical (unpaired) electrons. The molecule has 2 aliphatic rings. The molecule has 2 aliphatic heterocycles. The highest BCUT2D eigenvalue weighted by Crippen LogP contribution is 2.44. The van der Waals surface area contributed by atoms with Gasteiger partial charge in [0.2, 0.25) is 11.8 Å². The summed E-state index contributed by atoms with van der Waals surface area (Å²) in [6.07, 6.45) is -1.16. The number of amides is 2. The van der Waals surface area contributed by atoms with Crippen LogP contribution in [0, 0.1) is 0 Å². The second-order valence-electron chi connectivity index (χ2n) is 8.42. The molecular weight excluding hydrogens is 452 g/mol. The summed E-state index contributed by atoms with van der Waals surface area (Å²) in [5.74, 6) is -3.79. The second kappa shape index (κ2) is 9.42. The topological polar surface area (TPSA) is 136 Å². The fourth-order valence-electron chi connectivity index (χ4n) is 4.01. The van der Waals surface area contributed by atoms with Crippen molar-refractivity contribution >= 4 is 40.3 Å². The number of aryl methyl sites for hydroxylation is 1. The van der Waals surface area contributed by atoms with Gasteiger partial charge in [-0.25, -0.2) is 9.59 Å². The summed E-state index contributed by atoms with van der Waals surface area (Å²) in [5, 5.41) is 1.70. The van der Waals surface area contributed by atoms with Gasteiger partial charge in [-0.2, -0.15) is 0 Å². The zero-order chi connectivity index (χ0) is 24.5. The van der Waals surface area contributed by atoms with Crippen molar-refractivity contribution in [3.63, 3.8) is 0 Å². The number of Topliss-reactive ketones (excluding diaryl/α,β-unsaturated/α-hetero) is 1. The molecule has 1 aromatic rings. The number of benzene rings is 1. The first-order valence-electron chi connectivity index (χ1n) is 10.4. The highest BCUT2D eigenvalue weighted by Gasteiger charge is 2.68. The number of nitrogens with one attached hydrogen (secondary N) is 1. The summed E-state index contributed by atoms with van der Waals surface area (Å²) in [4.78, 5) is 62.7. The Morgan fingerprint density at radius 3 is 2.39 bits per heavy atom. The largest absolute Gasteiger partial charge is 0.466 e. The van der Waals surface area contributed by atoms with Crippen LogP contribution in [0.1, 0.15) is 32.8 Å². The predicted molar refractivity (Wildman–Crippen MR) is 116 cm³/mol. The van der Waals surface area contributed by atoms with E-state index in [4.69, 9.17) is 4.74 Å². The molecule has 0 aromatic heterocycles. The molecule has 33 heavy (non-hydrogen) atoms. The maximum absolute atomic E-state index is 13.1. The van der Waals surface area contributed by atoms with Crippen LogP contribution >= 0.6 is 0 Å². The summed E-state index contributed by atoms with van der Waals surface area (Å²) in [6, 6.07) is 7.04. The number of β-lactam (4-membered cyclic amide) rings is 1. The van der Waals surface area contributed by atoms with Crippen molar-refractivity contribution in [2.45, 2.75) is 61.9 Å². The summed E-state index contributed by atoms with van der Waals surface area (Å²) < 4.78 is 21.4. The maximum Gasteiger partial charge on any atom is 0.355 e. The van der Waals surface area contributed by atoms with E-state index in [1.807, 2.05) is 30.3 Å². The SMILES string of the molecule is COC(=O)C(OC(=O)C1N2C(=O)C(NC(=O)CCc3ccccc3)C2S(=O)C1(C)C)C(C)=O. The van der Waals surface area contributed by atoms with E-state index in [9.17, 15) is 28.2 Å². The van der Waals surface area contributed by atoms with Gasteiger partial charge in [0.15, 0.2) is 5.78 Å². The molecule has 0 saturated carbocycles. The van der Waals surface area contributed by atoms with E-state index >= 15 is 0 Å². The summed E-state index contributed by atoms with van der Waals surface area (Å²) in [6.45, 7) is 4.11. The lowest BCUT2D eigenvalue weighted by atomic mass is 9.95. The molecule has 2 amide bonds. The van der Waals surface area contributed by atoms with Crippen molar-refractivity contribution in [1.82, 2.24) is 10.2 Å². The van der Waals surface area contributed by atoms with Crippen LogP contribution in [-0.2, 0) is 50.7 Å². The third kappa shape index (κ3) is 4.54. The Morgan fingerprint density at radius 2 is 1.82 bits per heavy atom. The Morgan fingerprint density at radius 1 is 1.18 bits per heavy atom. The third-order valence-electron chi connectivity index (χ3n) is 5.80. The lowest BCUT2D eigenvalue weighted by Gasteiger charge is -2.43. The molecule has 1 N–H and O–H groups in total. The molecule has 1 aromatic carbocycles. The number of ether oxygens (including phenoxy) is 2. The van der Waals surface area contributed by atoms with Crippen LogP contribution in [0.15, 0.2) is 30.3 Å². The lowest BCUT2D eigenvalue weighted by Crippen LogP contribution is -2.71. The minimum atomic E-state index is -1.78. The highest BCUT2D eigenvalue weighted by atomic mass is 32.2. The Balaban J connectivity index is 1.70. The number of ketones is 1. The zero-order valence-corrected chi connectivity index (χ0v) is 19.5. The van der Waals surface area contributed by atoms with Crippen LogP contribution in [0.4, 0.5) is 0 Å². The average molecular weight is 479 g/mol. The van der Waals surface area contributed by atoms with E-state index in [-0.39, 0.29) is 12.3 Å². The van der Waals surface area contributed by atoms with Crippen LogP contribution in [0.3, 0.4) is 0 Å². The molecule has 2 fully saturated rings. The smallest absolute Gasteiger partial charge is 0.355 e. The fourth-order valence-corrected chi connectivity index (χ4v) is 5.92. The minimum absolute atomic E-state index is 0.140. The fraction of sp³-hybridized carbons (Fsp3) is 0.500. The number of hydrogen-bond acceptors (Lipinski definition) is 8. The molecule has 2 heterocycles. The summed E-state index contributed by atoms with van der Waals surface area (Å²) in [7, 11) is -0.686. The molecule has 178 valence electrons. The highest BCUT2D eigenvalue weighted by molar-refractivity contribution is 7.87. The van der Waals surface area contributed by atoms with E-state index in [1.165, 1.54) is 13.8 Å². The van der Waals surface area contributed by atoms with Gasteiger partial charge in [-0.15, -0.1) is 0 Å².